The van der Waals surface area contributed by atoms with E-state index in [1.54, 1.807) is 37.4 Å². The maximum atomic E-state index is 13.1. The van der Waals surface area contributed by atoms with E-state index in [1.807, 2.05) is 29.2 Å². The van der Waals surface area contributed by atoms with E-state index in [0.29, 0.717) is 62.1 Å². The van der Waals surface area contributed by atoms with E-state index in [4.69, 9.17) is 14.2 Å². The second kappa shape index (κ2) is 10.6. The molecule has 0 bridgehead atoms. The maximum Gasteiger partial charge on any atom is 0.262 e. The molecule has 1 N–H and O–H groups in total. The molecule has 0 radical (unpaired) electrons. The van der Waals surface area contributed by atoms with Crippen LogP contribution in [0.2, 0.25) is 0 Å². The van der Waals surface area contributed by atoms with Crippen LogP contribution in [0, 0.1) is 0 Å². The van der Waals surface area contributed by atoms with Crippen LogP contribution >= 0.6 is 0 Å². The Morgan fingerprint density at radius 2 is 1.59 bits per heavy atom. The topological polar surface area (TPSA) is 97.4 Å². The summed E-state index contributed by atoms with van der Waals surface area (Å²) in [5.41, 5.74) is 1.89. The molecule has 0 spiro atoms. The number of anilines is 2. The Morgan fingerprint density at radius 1 is 0.892 bits per heavy atom. The van der Waals surface area contributed by atoms with E-state index >= 15 is 0 Å². The molecule has 1 saturated heterocycles. The van der Waals surface area contributed by atoms with Gasteiger partial charge in [-0.15, -0.1) is 0 Å². The second-order valence-electron chi connectivity index (χ2n) is 8.79. The Labute approximate surface area is 216 Å². The van der Waals surface area contributed by atoms with Crippen LogP contribution in [-0.2, 0) is 10.0 Å². The van der Waals surface area contributed by atoms with Crippen molar-refractivity contribution in [1.29, 1.82) is 0 Å². The molecule has 1 fully saturated rings. The van der Waals surface area contributed by atoms with Crippen molar-refractivity contribution in [2.24, 2.45) is 0 Å². The van der Waals surface area contributed by atoms with Crippen molar-refractivity contribution < 1.29 is 27.4 Å². The fourth-order valence-corrected chi connectivity index (χ4v) is 5.50. The van der Waals surface area contributed by atoms with E-state index < -0.39 is 10.0 Å². The van der Waals surface area contributed by atoms with Crippen LogP contribution in [-0.4, -0.2) is 65.7 Å². The van der Waals surface area contributed by atoms with Gasteiger partial charge in [0.05, 0.1) is 30.9 Å². The fraction of sp³-hybridized carbons (Fsp3) is 0.296. The molecule has 194 valence electrons. The monoisotopic (exact) mass is 523 g/mol. The number of piperazine rings is 1. The molecule has 9 nitrogen and oxygen atoms in total. The normalized spacial score (nSPS) is 15.6. The van der Waals surface area contributed by atoms with Crippen molar-refractivity contribution >= 4 is 27.3 Å². The molecule has 0 saturated carbocycles. The molecule has 3 aromatic rings. The van der Waals surface area contributed by atoms with E-state index in [-0.39, 0.29) is 10.8 Å². The molecule has 3 aromatic carbocycles. The van der Waals surface area contributed by atoms with E-state index in [1.165, 1.54) is 12.1 Å². The summed E-state index contributed by atoms with van der Waals surface area (Å²) in [6.45, 7) is 3.54. The summed E-state index contributed by atoms with van der Waals surface area (Å²) in [6.07, 6.45) is 0.734. The lowest BCUT2D eigenvalue weighted by atomic mass is 10.1. The minimum absolute atomic E-state index is 0.0739. The molecule has 1 amide bonds. The molecule has 0 atom stereocenters. The molecule has 0 aliphatic carbocycles. The van der Waals surface area contributed by atoms with E-state index in [0.717, 1.165) is 17.9 Å². The molecular weight excluding hydrogens is 494 g/mol. The SMILES string of the molecule is COc1ccccc1N1CCN(C(=O)c2ccc(NS(=O)(=O)c3ccc4c(c3)OCCCO4)cc2)CC1. The van der Waals surface area contributed by atoms with Crippen LogP contribution < -0.4 is 23.8 Å². The first-order valence-electron chi connectivity index (χ1n) is 12.1. The lowest BCUT2D eigenvalue weighted by molar-refractivity contribution is 0.0746. The number of amides is 1. The molecule has 0 unspecified atom stereocenters. The number of ether oxygens (including phenoxy) is 3. The van der Waals surface area contributed by atoms with Crippen LogP contribution in [0.1, 0.15) is 16.8 Å². The highest BCUT2D eigenvalue weighted by atomic mass is 32.2. The number of sulfonamides is 1. The fourth-order valence-electron chi connectivity index (χ4n) is 4.43. The summed E-state index contributed by atoms with van der Waals surface area (Å²) in [5, 5.41) is 0. The van der Waals surface area contributed by atoms with Gasteiger partial charge < -0.3 is 24.0 Å². The van der Waals surface area contributed by atoms with Crippen LogP contribution in [0.5, 0.6) is 17.2 Å². The number of hydrogen-bond donors (Lipinski definition) is 1. The molecular formula is C27H29N3O6S. The van der Waals surface area contributed by atoms with Crippen molar-refractivity contribution in [1.82, 2.24) is 4.90 Å². The summed E-state index contributed by atoms with van der Waals surface area (Å²) in [7, 11) is -2.19. The summed E-state index contributed by atoms with van der Waals surface area (Å²) >= 11 is 0. The first kappa shape index (κ1) is 24.8. The number of hydrogen-bond acceptors (Lipinski definition) is 7. The number of nitrogens with one attached hydrogen (secondary N) is 1. The number of carbonyl (C=O) groups excluding carboxylic acids is 1. The Kier molecular flexibility index (Phi) is 7.09. The highest BCUT2D eigenvalue weighted by molar-refractivity contribution is 7.92. The Balaban J connectivity index is 1.22. The van der Waals surface area contributed by atoms with Gasteiger partial charge in [-0.25, -0.2) is 8.42 Å². The number of fused-ring (bicyclic) bond motifs is 1. The first-order valence-corrected chi connectivity index (χ1v) is 13.6. The second-order valence-corrected chi connectivity index (χ2v) is 10.5. The molecule has 5 rings (SSSR count). The number of methoxy groups -OCH3 is 1. The van der Waals surface area contributed by atoms with Gasteiger partial charge >= 0.3 is 0 Å². The van der Waals surface area contributed by atoms with Crippen molar-refractivity contribution in [3.05, 3.63) is 72.3 Å². The zero-order valence-electron chi connectivity index (χ0n) is 20.6. The Hall–Kier alpha value is -3.92. The third-order valence-electron chi connectivity index (χ3n) is 6.41. The number of para-hydroxylation sites is 2. The van der Waals surface area contributed by atoms with Gasteiger partial charge in [0.2, 0.25) is 0 Å². The number of rotatable bonds is 6. The standard InChI is InChI=1S/C27H29N3O6S/c1-34-24-6-3-2-5-23(24)29-13-15-30(16-14-29)27(31)20-7-9-21(10-8-20)28-37(32,33)22-11-12-25-26(19-22)36-18-4-17-35-25/h2-3,5-12,19,28H,4,13-18H2,1H3. The van der Waals surface area contributed by atoms with Gasteiger partial charge in [-0.05, 0) is 48.5 Å². The largest absolute Gasteiger partial charge is 0.495 e. The predicted octanol–water partition coefficient (Wildman–Crippen LogP) is 3.62. The molecule has 37 heavy (non-hydrogen) atoms. The summed E-state index contributed by atoms with van der Waals surface area (Å²) < 4.78 is 45.1. The Morgan fingerprint density at radius 3 is 2.32 bits per heavy atom. The van der Waals surface area contributed by atoms with Crippen LogP contribution in [0.15, 0.2) is 71.6 Å². The first-order chi connectivity index (χ1) is 17.9. The number of benzene rings is 3. The van der Waals surface area contributed by atoms with Crippen LogP contribution in [0.3, 0.4) is 0 Å². The highest BCUT2D eigenvalue weighted by Gasteiger charge is 2.24. The summed E-state index contributed by atoms with van der Waals surface area (Å²) in [4.78, 5) is 17.2. The third-order valence-corrected chi connectivity index (χ3v) is 7.79. The van der Waals surface area contributed by atoms with Gasteiger partial charge in [0, 0.05) is 49.9 Å². The number of nitrogens with zero attached hydrogens (tertiary/aromatic N) is 2. The molecule has 2 heterocycles. The minimum Gasteiger partial charge on any atom is -0.495 e. The number of carbonyl (C=O) groups is 1. The van der Waals surface area contributed by atoms with Crippen molar-refractivity contribution in [3.63, 3.8) is 0 Å². The van der Waals surface area contributed by atoms with Crippen molar-refractivity contribution in [2.45, 2.75) is 11.3 Å². The maximum absolute atomic E-state index is 13.1. The zero-order valence-corrected chi connectivity index (χ0v) is 21.4. The summed E-state index contributed by atoms with van der Waals surface area (Å²) in [5.74, 6) is 1.67. The lowest BCUT2D eigenvalue weighted by Gasteiger charge is -2.36. The third kappa shape index (κ3) is 5.43. The average Bonchev–Trinajstić information content (AvgIpc) is 3.18. The molecule has 10 heteroatoms. The van der Waals surface area contributed by atoms with Gasteiger partial charge in [0.1, 0.15) is 5.75 Å². The molecule has 2 aliphatic heterocycles. The van der Waals surface area contributed by atoms with Gasteiger partial charge in [-0.1, -0.05) is 12.1 Å². The quantitative estimate of drug-likeness (QED) is 0.527. The smallest absolute Gasteiger partial charge is 0.262 e. The Bertz CT molecular complexity index is 1370. The van der Waals surface area contributed by atoms with Crippen LogP contribution in [0.25, 0.3) is 0 Å². The minimum atomic E-state index is -3.85. The predicted molar refractivity (Wildman–Crippen MR) is 140 cm³/mol. The van der Waals surface area contributed by atoms with Crippen molar-refractivity contribution in [2.75, 3.05) is 56.1 Å². The van der Waals surface area contributed by atoms with Crippen molar-refractivity contribution in [3.8, 4) is 17.2 Å². The van der Waals surface area contributed by atoms with Crippen LogP contribution in [0.4, 0.5) is 11.4 Å². The van der Waals surface area contributed by atoms with Gasteiger partial charge in [0.25, 0.3) is 15.9 Å². The average molecular weight is 524 g/mol. The van der Waals surface area contributed by atoms with Gasteiger partial charge in [0.15, 0.2) is 11.5 Å². The van der Waals surface area contributed by atoms with Gasteiger partial charge in [-0.3, -0.25) is 9.52 Å². The highest BCUT2D eigenvalue weighted by Crippen LogP contribution is 2.33. The van der Waals surface area contributed by atoms with E-state index in [9.17, 15) is 13.2 Å². The van der Waals surface area contributed by atoms with E-state index in [2.05, 4.69) is 9.62 Å². The zero-order chi connectivity index (χ0) is 25.8. The van der Waals surface area contributed by atoms with Gasteiger partial charge in [-0.2, -0.15) is 0 Å². The summed E-state index contributed by atoms with van der Waals surface area (Å²) in [6, 6.07) is 18.9. The lowest BCUT2D eigenvalue weighted by Crippen LogP contribution is -2.48. The molecule has 2 aliphatic rings. The molecule has 0 aromatic heterocycles.